The van der Waals surface area contributed by atoms with E-state index in [0.717, 1.165) is 29.7 Å². The number of para-hydroxylation sites is 1. The minimum atomic E-state index is -0.436. The van der Waals surface area contributed by atoms with Crippen LogP contribution < -0.4 is 10.1 Å². The van der Waals surface area contributed by atoms with Crippen molar-refractivity contribution in [3.05, 3.63) is 59.2 Å². The molecular formula is C21H21NO4. The first-order valence-corrected chi connectivity index (χ1v) is 8.61. The molecular weight excluding hydrogens is 330 g/mol. The molecule has 0 saturated carbocycles. The lowest BCUT2D eigenvalue weighted by molar-refractivity contribution is -0.110. The number of carbonyl (C=O) groups is 2. The highest BCUT2D eigenvalue weighted by molar-refractivity contribution is 6.35. The van der Waals surface area contributed by atoms with E-state index in [-0.39, 0.29) is 5.91 Å². The van der Waals surface area contributed by atoms with Gasteiger partial charge in [-0.2, -0.15) is 0 Å². The molecule has 3 rings (SSSR count). The van der Waals surface area contributed by atoms with Crippen molar-refractivity contribution < 1.29 is 19.1 Å². The Morgan fingerprint density at radius 2 is 2.00 bits per heavy atom. The third-order valence-electron chi connectivity index (χ3n) is 4.20. The zero-order valence-electron chi connectivity index (χ0n) is 14.9. The molecule has 26 heavy (non-hydrogen) atoms. The Labute approximate surface area is 152 Å². The van der Waals surface area contributed by atoms with Crippen LogP contribution in [0.2, 0.25) is 0 Å². The number of benzene rings is 2. The first kappa shape index (κ1) is 17.7. The number of hydrogen-bond donors (Lipinski definition) is 1. The van der Waals surface area contributed by atoms with E-state index in [1.54, 1.807) is 18.2 Å². The summed E-state index contributed by atoms with van der Waals surface area (Å²) in [5.74, 6) is 0.111. The van der Waals surface area contributed by atoms with Crippen LogP contribution in [0.3, 0.4) is 0 Å². The quantitative estimate of drug-likeness (QED) is 0.482. The van der Waals surface area contributed by atoms with Gasteiger partial charge in [0, 0.05) is 22.4 Å². The van der Waals surface area contributed by atoms with Crippen LogP contribution in [0.15, 0.2) is 42.5 Å². The van der Waals surface area contributed by atoms with Crippen LogP contribution in [0.4, 0.5) is 5.69 Å². The molecule has 0 unspecified atom stereocenters. The maximum absolute atomic E-state index is 12.4. The number of carbonyl (C=O) groups excluding carboxylic acids is 2. The molecule has 1 N–H and O–H groups in total. The molecule has 0 radical (unpaired) electrons. The highest BCUT2D eigenvalue weighted by Gasteiger charge is 2.25. The van der Waals surface area contributed by atoms with Crippen LogP contribution in [-0.2, 0) is 9.53 Å². The SMILES string of the molecule is CCCCOc1ccccc1C=C1C(=O)Nc2cc(C(=O)OC)ccc21. The van der Waals surface area contributed by atoms with Gasteiger partial charge in [0.15, 0.2) is 0 Å². The van der Waals surface area contributed by atoms with Crippen molar-refractivity contribution in [1.82, 2.24) is 0 Å². The first-order chi connectivity index (χ1) is 12.6. The number of amides is 1. The van der Waals surface area contributed by atoms with Crippen molar-refractivity contribution in [3.63, 3.8) is 0 Å². The van der Waals surface area contributed by atoms with Crippen molar-refractivity contribution in [1.29, 1.82) is 0 Å². The second-order valence-electron chi connectivity index (χ2n) is 6.00. The summed E-state index contributed by atoms with van der Waals surface area (Å²) in [7, 11) is 1.33. The summed E-state index contributed by atoms with van der Waals surface area (Å²) in [6.07, 6.45) is 3.85. The normalized spacial score (nSPS) is 14.1. The Kier molecular flexibility index (Phi) is 5.37. The van der Waals surface area contributed by atoms with Gasteiger partial charge in [-0.15, -0.1) is 0 Å². The van der Waals surface area contributed by atoms with Crippen molar-refractivity contribution in [2.24, 2.45) is 0 Å². The predicted molar refractivity (Wildman–Crippen MR) is 101 cm³/mol. The second-order valence-corrected chi connectivity index (χ2v) is 6.00. The Bertz CT molecular complexity index is 870. The summed E-state index contributed by atoms with van der Waals surface area (Å²) in [5, 5.41) is 2.80. The van der Waals surface area contributed by atoms with E-state index in [2.05, 4.69) is 12.2 Å². The van der Waals surface area contributed by atoms with E-state index in [1.165, 1.54) is 7.11 Å². The smallest absolute Gasteiger partial charge is 0.337 e. The lowest BCUT2D eigenvalue weighted by atomic mass is 10.0. The lowest BCUT2D eigenvalue weighted by Crippen LogP contribution is -2.04. The Morgan fingerprint density at radius 3 is 2.77 bits per heavy atom. The average molecular weight is 351 g/mol. The highest BCUT2D eigenvalue weighted by atomic mass is 16.5. The maximum atomic E-state index is 12.4. The fourth-order valence-electron chi connectivity index (χ4n) is 2.80. The summed E-state index contributed by atoms with van der Waals surface area (Å²) in [6, 6.07) is 12.7. The van der Waals surface area contributed by atoms with Crippen molar-refractivity contribution in [2.45, 2.75) is 19.8 Å². The maximum Gasteiger partial charge on any atom is 0.337 e. The fourth-order valence-corrected chi connectivity index (χ4v) is 2.80. The predicted octanol–water partition coefficient (Wildman–Crippen LogP) is 4.14. The van der Waals surface area contributed by atoms with Gasteiger partial charge in [0.25, 0.3) is 5.91 Å². The number of nitrogens with one attached hydrogen (secondary N) is 1. The standard InChI is InChI=1S/C21H21NO4/c1-3-4-11-26-19-8-6-5-7-14(19)12-17-16-10-9-15(21(24)25-2)13-18(16)22-20(17)23/h5-10,12-13H,3-4,11H2,1-2H3,(H,22,23). The summed E-state index contributed by atoms with van der Waals surface area (Å²) in [5.41, 5.74) is 3.15. The van der Waals surface area contributed by atoms with Crippen molar-refractivity contribution in [3.8, 4) is 5.75 Å². The third kappa shape index (κ3) is 3.61. The number of methoxy groups -OCH3 is 1. The number of fused-ring (bicyclic) bond motifs is 1. The van der Waals surface area contributed by atoms with E-state index in [4.69, 9.17) is 9.47 Å². The van der Waals surface area contributed by atoms with E-state index in [1.807, 2.05) is 30.3 Å². The van der Waals surface area contributed by atoms with Gasteiger partial charge in [-0.3, -0.25) is 4.79 Å². The number of rotatable bonds is 6. The summed E-state index contributed by atoms with van der Waals surface area (Å²) < 4.78 is 10.6. The molecule has 0 fully saturated rings. The molecule has 1 amide bonds. The van der Waals surface area contributed by atoms with Gasteiger partial charge in [0.2, 0.25) is 0 Å². The van der Waals surface area contributed by atoms with Crippen LogP contribution >= 0.6 is 0 Å². The van der Waals surface area contributed by atoms with Crippen LogP contribution in [0, 0.1) is 0 Å². The molecule has 1 aliphatic heterocycles. The summed E-state index contributed by atoms with van der Waals surface area (Å²) in [6.45, 7) is 2.75. The van der Waals surface area contributed by atoms with Gasteiger partial charge in [0.05, 0.1) is 19.3 Å². The second kappa shape index (κ2) is 7.87. The molecule has 134 valence electrons. The molecule has 2 aromatic carbocycles. The topological polar surface area (TPSA) is 64.6 Å². The van der Waals surface area contributed by atoms with E-state index in [0.29, 0.717) is 23.4 Å². The number of hydrogen-bond acceptors (Lipinski definition) is 4. The van der Waals surface area contributed by atoms with Crippen molar-refractivity contribution in [2.75, 3.05) is 19.0 Å². The van der Waals surface area contributed by atoms with E-state index >= 15 is 0 Å². The molecule has 5 heteroatoms. The molecule has 0 saturated heterocycles. The minimum Gasteiger partial charge on any atom is -0.493 e. The molecule has 1 heterocycles. The van der Waals surface area contributed by atoms with E-state index < -0.39 is 5.97 Å². The van der Waals surface area contributed by atoms with Gasteiger partial charge in [0.1, 0.15) is 5.75 Å². The molecule has 0 aliphatic carbocycles. The number of unbranched alkanes of at least 4 members (excludes halogenated alkanes) is 1. The molecule has 0 bridgehead atoms. The van der Waals surface area contributed by atoms with Crippen LogP contribution in [-0.4, -0.2) is 25.6 Å². The summed E-state index contributed by atoms with van der Waals surface area (Å²) >= 11 is 0. The van der Waals surface area contributed by atoms with Gasteiger partial charge >= 0.3 is 5.97 Å². The highest BCUT2D eigenvalue weighted by Crippen LogP contribution is 2.35. The van der Waals surface area contributed by atoms with Crippen LogP contribution in [0.5, 0.6) is 5.75 Å². The van der Waals surface area contributed by atoms with Crippen molar-refractivity contribution >= 4 is 29.2 Å². The molecule has 1 aliphatic rings. The zero-order valence-corrected chi connectivity index (χ0v) is 14.9. The monoisotopic (exact) mass is 351 g/mol. The Balaban J connectivity index is 1.94. The number of anilines is 1. The van der Waals surface area contributed by atoms with E-state index in [9.17, 15) is 9.59 Å². The third-order valence-corrected chi connectivity index (χ3v) is 4.20. The van der Waals surface area contributed by atoms with Crippen LogP contribution in [0.25, 0.3) is 11.6 Å². The largest absolute Gasteiger partial charge is 0.493 e. The molecule has 0 aromatic heterocycles. The number of ether oxygens (including phenoxy) is 2. The van der Waals surface area contributed by atoms with Gasteiger partial charge in [-0.05, 0) is 30.7 Å². The summed E-state index contributed by atoms with van der Waals surface area (Å²) in [4.78, 5) is 24.1. The number of esters is 1. The molecule has 0 spiro atoms. The van der Waals surface area contributed by atoms with Gasteiger partial charge < -0.3 is 14.8 Å². The lowest BCUT2D eigenvalue weighted by Gasteiger charge is -2.09. The fraction of sp³-hybridized carbons (Fsp3) is 0.238. The zero-order chi connectivity index (χ0) is 18.5. The molecule has 5 nitrogen and oxygen atoms in total. The van der Waals surface area contributed by atoms with Gasteiger partial charge in [-0.1, -0.05) is 37.6 Å². The van der Waals surface area contributed by atoms with Crippen LogP contribution in [0.1, 0.15) is 41.3 Å². The molecule has 0 atom stereocenters. The Hall–Kier alpha value is -3.08. The average Bonchev–Trinajstić information content (AvgIpc) is 2.97. The molecule has 2 aromatic rings. The Morgan fingerprint density at radius 1 is 1.19 bits per heavy atom. The minimum absolute atomic E-state index is 0.203. The first-order valence-electron chi connectivity index (χ1n) is 8.61. The van der Waals surface area contributed by atoms with Gasteiger partial charge in [-0.25, -0.2) is 4.79 Å².